The van der Waals surface area contributed by atoms with Crippen LogP contribution in [0.2, 0.25) is 13.1 Å². The maximum Gasteiger partial charge on any atom is 0.515 e. The molecule has 0 aromatic heterocycles. The molecule has 15 nitrogen and oxygen atoms in total. The first-order chi connectivity index (χ1) is 42.7. The lowest BCUT2D eigenvalue weighted by Gasteiger charge is -2.61. The Balaban J connectivity index is 1.23. The molecule has 0 aliphatic carbocycles. The molecule has 440 valence electrons. The molecular formula is C63H59NO14Si10. The summed E-state index contributed by atoms with van der Waals surface area (Å²) in [5, 5.41) is 5.25. The summed E-state index contributed by atoms with van der Waals surface area (Å²) in [4.78, 5) is 0. The molecule has 2 N–H and O–H groups in total. The van der Waals surface area contributed by atoms with Crippen molar-refractivity contribution < 1.29 is 57.6 Å². The van der Waals surface area contributed by atoms with E-state index in [9.17, 15) is 0 Å². The third-order valence-corrected chi connectivity index (χ3v) is 59.1. The van der Waals surface area contributed by atoms with Gasteiger partial charge in [-0.05, 0) is 42.5 Å². The second kappa shape index (κ2) is 22.2. The average Bonchev–Trinajstić information content (AvgIpc) is 0.686. The molecule has 88 heavy (non-hydrogen) atoms. The van der Waals surface area contributed by atoms with E-state index in [0.29, 0.717) is 57.6 Å². The van der Waals surface area contributed by atoms with Crippen molar-refractivity contribution in [3.8, 4) is 0 Å². The van der Waals surface area contributed by atoms with Gasteiger partial charge in [0.05, 0.1) is 0 Å². The molecule has 16 rings (SSSR count). The molecule has 8 bridgehead atoms. The summed E-state index contributed by atoms with van der Waals surface area (Å²) in [6, 6.07) is 93.0. The summed E-state index contributed by atoms with van der Waals surface area (Å²) in [5.41, 5.74) is 8.38. The zero-order valence-electron chi connectivity index (χ0n) is 48.0. The van der Waals surface area contributed by atoms with Gasteiger partial charge in [0.2, 0.25) is 0 Å². The zero-order valence-corrected chi connectivity index (χ0v) is 58.0. The maximum absolute atomic E-state index is 8.65. The van der Waals surface area contributed by atoms with Crippen LogP contribution >= 0.6 is 0 Å². The Morgan fingerprint density at radius 3 is 0.614 bits per heavy atom. The molecule has 10 aromatic rings. The predicted octanol–water partition coefficient (Wildman–Crippen LogP) is 4.90. The van der Waals surface area contributed by atoms with Crippen LogP contribution in [0.15, 0.2) is 291 Å². The molecule has 0 radical (unpaired) electrons. The van der Waals surface area contributed by atoms with Crippen LogP contribution in [0, 0.1) is 6.92 Å². The van der Waals surface area contributed by atoms with Crippen molar-refractivity contribution >= 4 is 145 Å². The number of hydrogen-bond acceptors (Lipinski definition) is 15. The molecule has 6 aliphatic heterocycles. The number of fused-ring (bicyclic) bond motifs is 4. The Morgan fingerprint density at radius 2 is 0.398 bits per heavy atom. The van der Waals surface area contributed by atoms with Crippen LogP contribution < -0.4 is 57.6 Å². The SMILES string of the molecule is Cc1ccc([Si]2(C)O[Si]3(c4ccccc4)O[Si]4(c5ccccc5)O[Si]5(c6ccccc6)O[Si](C)(c6cccc(N)c6)O[Si]6(c7ccccc7)O[Si](c7ccccc7)(O[Si](c7ccccc7)(O2)O[Si](c2ccccc2)(O6)O[Si](c2ccccc2)(O3)O5)O4)cc1. The van der Waals surface area contributed by atoms with E-state index in [2.05, 4.69) is 0 Å². The fraction of sp³-hybridized carbons (Fsp3) is 0.0476. The fourth-order valence-electron chi connectivity index (χ4n) is 11.8. The van der Waals surface area contributed by atoms with Gasteiger partial charge in [-0.15, -0.1) is 0 Å². The van der Waals surface area contributed by atoms with Crippen molar-refractivity contribution in [1.29, 1.82) is 0 Å². The summed E-state index contributed by atoms with van der Waals surface area (Å²) in [7, 11) is -50.5. The second-order valence-corrected chi connectivity index (χ2v) is 52.1. The highest BCUT2D eigenvalue weighted by Crippen LogP contribution is 2.47. The molecule has 6 aliphatic rings. The average molecular weight is 1340 g/mol. The first kappa shape index (κ1) is 58.0. The summed E-state index contributed by atoms with van der Waals surface area (Å²) < 4.78 is 120. The van der Waals surface area contributed by atoms with Crippen molar-refractivity contribution in [2.45, 2.75) is 20.0 Å². The minimum Gasteiger partial charge on any atom is -0.399 e. The standard InChI is InChI=1S/C63H59NO14Si10/c1-52-47-49-54(50-48-52)79(2)65-81(55-30-12-4-13-31-55)69-85(59-38-20-8-21-39-59)73-83(57-34-16-6-17-35-57)67-80(3,63-46-28-29-53(64)51-63)68-84(58-36-18-7-19-37-58)75-87(77-85,61-42-24-10-25-43-61)71-82(66-79,56-32-14-5-15-33-56)72-88(76-84,62-44-26-11-27-45-62)78-86(70-81,74-83)60-40-22-9-23-41-60/h4-51H,64H2,1-3H3. The monoisotopic (exact) mass is 1330 g/mol. The van der Waals surface area contributed by atoms with Crippen LogP contribution in [0.3, 0.4) is 0 Å². The minimum absolute atomic E-state index is 0.453. The van der Waals surface area contributed by atoms with Crippen LogP contribution in [0.25, 0.3) is 0 Å². The lowest BCUT2D eigenvalue weighted by Crippen LogP contribution is -2.94. The lowest BCUT2D eigenvalue weighted by atomic mass is 10.2. The Kier molecular flexibility index (Phi) is 14.7. The van der Waals surface area contributed by atoms with Crippen LogP contribution in [0.1, 0.15) is 5.56 Å². The summed E-state index contributed by atoms with van der Waals surface area (Å²) in [5.74, 6) is 0. The van der Waals surface area contributed by atoms with E-state index >= 15 is 0 Å². The van der Waals surface area contributed by atoms with Gasteiger partial charge >= 0.3 is 87.6 Å². The van der Waals surface area contributed by atoms with E-state index in [0.717, 1.165) is 5.56 Å². The highest BCUT2D eigenvalue weighted by atomic mass is 28.6. The number of rotatable bonds is 10. The number of anilines is 1. The third kappa shape index (κ3) is 10.0. The van der Waals surface area contributed by atoms with Gasteiger partial charge in [0, 0.05) is 47.2 Å². The van der Waals surface area contributed by atoms with Gasteiger partial charge in [-0.3, -0.25) is 0 Å². The largest absolute Gasteiger partial charge is 0.515 e. The van der Waals surface area contributed by atoms with Crippen LogP contribution in [-0.4, -0.2) is 87.6 Å². The van der Waals surface area contributed by atoms with Gasteiger partial charge in [-0.2, -0.15) is 0 Å². The van der Waals surface area contributed by atoms with Crippen LogP contribution in [0.5, 0.6) is 0 Å². The normalized spacial score (nSPS) is 32.6. The van der Waals surface area contributed by atoms with E-state index < -0.39 is 87.6 Å². The molecule has 6 fully saturated rings. The topological polar surface area (TPSA) is 155 Å². The zero-order chi connectivity index (χ0) is 59.8. The Labute approximate surface area is 521 Å². The summed E-state index contributed by atoms with van der Waals surface area (Å²) in [6.45, 7) is 6.00. The molecule has 10 aromatic carbocycles. The molecule has 6 heterocycles. The molecule has 25 heteroatoms. The molecule has 4 atom stereocenters. The van der Waals surface area contributed by atoms with Crippen molar-refractivity contribution in [2.75, 3.05) is 5.73 Å². The fourth-order valence-corrected chi connectivity index (χ4v) is 67.8. The van der Waals surface area contributed by atoms with Gasteiger partial charge in [-0.1, -0.05) is 285 Å². The van der Waals surface area contributed by atoms with Crippen molar-refractivity contribution in [2.24, 2.45) is 0 Å². The smallest absolute Gasteiger partial charge is 0.399 e. The molecular weight excluding hydrogens is 1280 g/mol. The van der Waals surface area contributed by atoms with Gasteiger partial charge < -0.3 is 63.3 Å². The van der Waals surface area contributed by atoms with E-state index in [4.69, 9.17) is 63.3 Å². The quantitative estimate of drug-likeness (QED) is 0.146. The number of nitrogen functional groups attached to an aromatic ring is 1. The van der Waals surface area contributed by atoms with Gasteiger partial charge in [-0.25, -0.2) is 0 Å². The molecule has 0 saturated carbocycles. The number of aryl methyl sites for hydroxylation is 1. The van der Waals surface area contributed by atoms with E-state index in [1.54, 1.807) is 0 Å². The molecule has 0 spiro atoms. The number of hydrogen-bond donors (Lipinski definition) is 1. The Morgan fingerprint density at radius 1 is 0.205 bits per heavy atom. The van der Waals surface area contributed by atoms with Crippen LogP contribution in [0.4, 0.5) is 5.69 Å². The van der Waals surface area contributed by atoms with Gasteiger partial charge in [0.15, 0.2) is 0 Å². The van der Waals surface area contributed by atoms with Gasteiger partial charge in [0.25, 0.3) is 0 Å². The van der Waals surface area contributed by atoms with E-state index in [1.165, 1.54) is 0 Å². The number of nitrogens with two attached hydrogens (primary N) is 1. The highest BCUT2D eigenvalue weighted by Gasteiger charge is 2.84. The highest BCUT2D eigenvalue weighted by molar-refractivity contribution is 7.14. The predicted molar refractivity (Wildman–Crippen MR) is 354 cm³/mol. The van der Waals surface area contributed by atoms with Crippen molar-refractivity contribution in [3.05, 3.63) is 297 Å². The maximum atomic E-state index is 8.65. The second-order valence-electron chi connectivity index (χ2n) is 22.2. The first-order valence-corrected chi connectivity index (χ1v) is 47.4. The summed E-state index contributed by atoms with van der Waals surface area (Å²) in [6.07, 6.45) is 0. The Hall–Kier alpha value is -6.39. The first-order valence-electron chi connectivity index (χ1n) is 28.9. The van der Waals surface area contributed by atoms with E-state index in [1.807, 2.05) is 311 Å². The van der Waals surface area contributed by atoms with Crippen molar-refractivity contribution in [1.82, 2.24) is 0 Å². The van der Waals surface area contributed by atoms with E-state index in [-0.39, 0.29) is 0 Å². The van der Waals surface area contributed by atoms with Crippen molar-refractivity contribution in [3.63, 3.8) is 0 Å². The lowest BCUT2D eigenvalue weighted by molar-refractivity contribution is 0.0273. The Bertz CT molecular complexity index is 3800. The molecule has 4 unspecified atom stereocenters. The van der Waals surface area contributed by atoms with Crippen LogP contribution in [-0.2, 0) is 57.6 Å². The minimum atomic E-state index is -5.28. The third-order valence-electron chi connectivity index (χ3n) is 16.0. The van der Waals surface area contributed by atoms with Gasteiger partial charge in [0.1, 0.15) is 0 Å². The molecule has 0 amide bonds. The molecule has 6 saturated heterocycles. The summed E-state index contributed by atoms with van der Waals surface area (Å²) >= 11 is 0. The number of benzene rings is 10.